The predicted octanol–water partition coefficient (Wildman–Crippen LogP) is 3.18. The van der Waals surface area contributed by atoms with Crippen LogP contribution in [0.15, 0.2) is 12.3 Å². The van der Waals surface area contributed by atoms with E-state index >= 15 is 0 Å². The summed E-state index contributed by atoms with van der Waals surface area (Å²) < 4.78 is 2.17. The summed E-state index contributed by atoms with van der Waals surface area (Å²) in [7, 11) is 0. The van der Waals surface area contributed by atoms with Gasteiger partial charge in [-0.25, -0.2) is 0 Å². The van der Waals surface area contributed by atoms with E-state index in [9.17, 15) is 0 Å². The van der Waals surface area contributed by atoms with Gasteiger partial charge in [-0.1, -0.05) is 20.3 Å². The Bertz CT molecular complexity index is 333. The summed E-state index contributed by atoms with van der Waals surface area (Å²) in [4.78, 5) is 0. The van der Waals surface area contributed by atoms with Crippen LogP contribution in [-0.4, -0.2) is 22.9 Å². The Morgan fingerprint density at radius 1 is 1.39 bits per heavy atom. The van der Waals surface area contributed by atoms with E-state index in [-0.39, 0.29) is 0 Å². The predicted molar refractivity (Wildman–Crippen MR) is 75.8 cm³/mol. The average Bonchev–Trinajstić information content (AvgIpc) is 2.68. The zero-order chi connectivity index (χ0) is 12.8. The zero-order valence-corrected chi connectivity index (χ0v) is 11.9. The molecule has 102 valence electrons. The molecular weight excluding hydrogens is 222 g/mol. The Morgan fingerprint density at radius 2 is 2.22 bits per heavy atom. The minimum absolute atomic E-state index is 0.575. The summed E-state index contributed by atoms with van der Waals surface area (Å²) in [5.74, 6) is 0.776. The van der Waals surface area contributed by atoms with Crippen molar-refractivity contribution < 1.29 is 0 Å². The lowest BCUT2D eigenvalue weighted by Crippen LogP contribution is -2.22. The van der Waals surface area contributed by atoms with E-state index in [1.54, 1.807) is 0 Å². The normalized spacial score (nSPS) is 21.2. The third kappa shape index (κ3) is 3.58. The molecule has 0 aliphatic carbocycles. The molecule has 0 radical (unpaired) electrons. The molecule has 1 aromatic rings. The molecule has 1 saturated heterocycles. The number of rotatable bonds is 5. The molecule has 2 rings (SSSR count). The molecule has 0 bridgehead atoms. The fourth-order valence-corrected chi connectivity index (χ4v) is 2.91. The molecule has 1 N–H and O–H groups in total. The summed E-state index contributed by atoms with van der Waals surface area (Å²) in [6, 6.07) is 2.79. The molecule has 0 amide bonds. The van der Waals surface area contributed by atoms with Gasteiger partial charge in [0.15, 0.2) is 0 Å². The average molecular weight is 249 g/mol. The maximum absolute atomic E-state index is 4.77. The van der Waals surface area contributed by atoms with Gasteiger partial charge < -0.3 is 5.32 Å². The Labute approximate surface area is 111 Å². The molecule has 1 aliphatic heterocycles. The van der Waals surface area contributed by atoms with Crippen molar-refractivity contribution in [1.82, 2.24) is 15.1 Å². The summed E-state index contributed by atoms with van der Waals surface area (Å²) in [6.45, 7) is 6.84. The molecule has 0 aromatic carbocycles. The summed E-state index contributed by atoms with van der Waals surface area (Å²) >= 11 is 0. The van der Waals surface area contributed by atoms with Crippen molar-refractivity contribution in [3.05, 3.63) is 18.0 Å². The monoisotopic (exact) mass is 249 g/mol. The topological polar surface area (TPSA) is 29.9 Å². The van der Waals surface area contributed by atoms with Crippen LogP contribution in [0.3, 0.4) is 0 Å². The molecule has 1 aliphatic rings. The van der Waals surface area contributed by atoms with E-state index in [0.29, 0.717) is 6.04 Å². The van der Waals surface area contributed by atoms with Crippen molar-refractivity contribution in [2.75, 3.05) is 13.1 Å². The fourth-order valence-electron chi connectivity index (χ4n) is 2.91. The molecule has 18 heavy (non-hydrogen) atoms. The highest BCUT2D eigenvalue weighted by atomic mass is 15.3. The lowest BCUT2D eigenvalue weighted by molar-refractivity contribution is 0.417. The van der Waals surface area contributed by atoms with E-state index in [4.69, 9.17) is 5.10 Å². The minimum atomic E-state index is 0.575. The second-order valence-electron chi connectivity index (χ2n) is 5.53. The van der Waals surface area contributed by atoms with E-state index in [2.05, 4.69) is 36.1 Å². The maximum Gasteiger partial charge on any atom is 0.0627 e. The highest BCUT2D eigenvalue weighted by molar-refractivity contribution is 5.01. The highest BCUT2D eigenvalue weighted by Gasteiger charge is 2.15. The lowest BCUT2D eigenvalue weighted by atomic mass is 9.98. The van der Waals surface area contributed by atoms with Gasteiger partial charge >= 0.3 is 0 Å². The molecule has 1 aromatic heterocycles. The molecule has 1 fully saturated rings. The first-order valence-corrected chi connectivity index (χ1v) is 7.58. The maximum atomic E-state index is 4.77. The van der Waals surface area contributed by atoms with Gasteiger partial charge in [0.05, 0.1) is 11.7 Å². The minimum Gasteiger partial charge on any atom is -0.316 e. The zero-order valence-electron chi connectivity index (χ0n) is 11.9. The molecule has 1 unspecified atom stereocenters. The van der Waals surface area contributed by atoms with Gasteiger partial charge in [-0.2, -0.15) is 5.10 Å². The Morgan fingerprint density at radius 3 is 3.00 bits per heavy atom. The third-order valence-electron chi connectivity index (χ3n) is 4.13. The SMILES string of the molecule is CCC(CC)n1ccc(CC2CCCCNC2)n1. The fraction of sp³-hybridized carbons (Fsp3) is 0.800. The highest BCUT2D eigenvalue weighted by Crippen LogP contribution is 2.18. The van der Waals surface area contributed by atoms with Crippen molar-refractivity contribution in [3.8, 4) is 0 Å². The van der Waals surface area contributed by atoms with Crippen LogP contribution in [0.2, 0.25) is 0 Å². The molecule has 0 saturated carbocycles. The van der Waals surface area contributed by atoms with Crippen LogP contribution in [0.4, 0.5) is 0 Å². The van der Waals surface area contributed by atoms with Crippen LogP contribution in [0.5, 0.6) is 0 Å². The van der Waals surface area contributed by atoms with E-state index in [1.807, 2.05) is 0 Å². The number of nitrogens with zero attached hydrogens (tertiary/aromatic N) is 2. The first-order valence-electron chi connectivity index (χ1n) is 7.58. The summed E-state index contributed by atoms with van der Waals surface area (Å²) in [6.07, 6.45) is 9.69. The van der Waals surface area contributed by atoms with Crippen molar-refractivity contribution >= 4 is 0 Å². The Kier molecular flexibility index (Phi) is 5.24. The Balaban J connectivity index is 1.92. The van der Waals surface area contributed by atoms with Gasteiger partial charge in [0.2, 0.25) is 0 Å². The van der Waals surface area contributed by atoms with Gasteiger partial charge in [0.25, 0.3) is 0 Å². The molecule has 3 heteroatoms. The standard InChI is InChI=1S/C15H27N3/c1-3-15(4-2)18-10-8-14(17-18)11-13-7-5-6-9-16-12-13/h8,10,13,15-16H,3-7,9,11-12H2,1-2H3. The quantitative estimate of drug-likeness (QED) is 0.868. The number of nitrogens with one attached hydrogen (secondary N) is 1. The van der Waals surface area contributed by atoms with Gasteiger partial charge in [0, 0.05) is 6.20 Å². The van der Waals surface area contributed by atoms with Crippen LogP contribution < -0.4 is 5.32 Å². The number of hydrogen-bond acceptors (Lipinski definition) is 2. The molecule has 2 heterocycles. The van der Waals surface area contributed by atoms with Crippen molar-refractivity contribution in [2.45, 2.75) is 58.4 Å². The van der Waals surface area contributed by atoms with E-state index in [1.165, 1.54) is 44.3 Å². The van der Waals surface area contributed by atoms with Crippen LogP contribution >= 0.6 is 0 Å². The molecule has 3 nitrogen and oxygen atoms in total. The number of aromatic nitrogens is 2. The van der Waals surface area contributed by atoms with Crippen LogP contribution in [0, 0.1) is 5.92 Å². The van der Waals surface area contributed by atoms with E-state index in [0.717, 1.165) is 18.9 Å². The first-order chi connectivity index (χ1) is 8.83. The van der Waals surface area contributed by atoms with Crippen molar-refractivity contribution in [3.63, 3.8) is 0 Å². The van der Waals surface area contributed by atoms with Crippen LogP contribution in [0.25, 0.3) is 0 Å². The second-order valence-corrected chi connectivity index (χ2v) is 5.53. The van der Waals surface area contributed by atoms with E-state index < -0.39 is 0 Å². The molecule has 0 spiro atoms. The van der Waals surface area contributed by atoms with Gasteiger partial charge in [-0.3, -0.25) is 4.68 Å². The molecular formula is C15H27N3. The smallest absolute Gasteiger partial charge is 0.0627 e. The van der Waals surface area contributed by atoms with Crippen LogP contribution in [0.1, 0.15) is 57.7 Å². The second kappa shape index (κ2) is 6.93. The first kappa shape index (κ1) is 13.6. The number of hydrogen-bond donors (Lipinski definition) is 1. The lowest BCUT2D eigenvalue weighted by Gasteiger charge is -2.14. The van der Waals surface area contributed by atoms with Crippen molar-refractivity contribution in [1.29, 1.82) is 0 Å². The molecule has 1 atom stereocenters. The summed E-state index contributed by atoms with van der Waals surface area (Å²) in [5, 5.41) is 8.30. The summed E-state index contributed by atoms with van der Waals surface area (Å²) in [5.41, 5.74) is 1.27. The Hall–Kier alpha value is -0.830. The van der Waals surface area contributed by atoms with Gasteiger partial charge in [-0.15, -0.1) is 0 Å². The van der Waals surface area contributed by atoms with Gasteiger partial charge in [0.1, 0.15) is 0 Å². The van der Waals surface area contributed by atoms with Crippen LogP contribution in [-0.2, 0) is 6.42 Å². The van der Waals surface area contributed by atoms with Crippen molar-refractivity contribution in [2.24, 2.45) is 5.92 Å². The van der Waals surface area contributed by atoms with Gasteiger partial charge in [-0.05, 0) is 57.2 Å². The third-order valence-corrected chi connectivity index (χ3v) is 4.13. The largest absolute Gasteiger partial charge is 0.316 e.